The standard InChI is InChI=1S/C24H24N2O4/c1-3-4-12-30-24(29)16-8-10-18(11-9-16)25-23(28)20-14-26-15(2)13-17-6-5-7-19(21(17)26)22(20)27/h5-11,14-15H,3-4,12-13H2,1-2H3,(H,25,28)/t15-/m0/s1. The lowest BCUT2D eigenvalue weighted by atomic mass is 10.1. The molecule has 154 valence electrons. The van der Waals surface area contributed by atoms with Gasteiger partial charge in [-0.15, -0.1) is 0 Å². The van der Waals surface area contributed by atoms with Crippen LogP contribution in [0.3, 0.4) is 0 Å². The van der Waals surface area contributed by atoms with Gasteiger partial charge in [0, 0.05) is 23.3 Å². The van der Waals surface area contributed by atoms with Crippen LogP contribution < -0.4 is 10.7 Å². The number of anilines is 1. The van der Waals surface area contributed by atoms with Gasteiger partial charge >= 0.3 is 5.97 Å². The maximum Gasteiger partial charge on any atom is 0.338 e. The molecular weight excluding hydrogens is 380 g/mol. The van der Waals surface area contributed by atoms with Crippen molar-refractivity contribution in [2.24, 2.45) is 0 Å². The van der Waals surface area contributed by atoms with Crippen LogP contribution >= 0.6 is 0 Å². The monoisotopic (exact) mass is 404 g/mol. The molecule has 0 spiro atoms. The smallest absolute Gasteiger partial charge is 0.338 e. The third kappa shape index (κ3) is 3.61. The van der Waals surface area contributed by atoms with Gasteiger partial charge in [0.15, 0.2) is 0 Å². The number of hydrogen-bond acceptors (Lipinski definition) is 4. The number of benzene rings is 2. The van der Waals surface area contributed by atoms with Crippen LogP contribution in [-0.2, 0) is 11.2 Å². The largest absolute Gasteiger partial charge is 0.462 e. The van der Waals surface area contributed by atoms with E-state index in [4.69, 9.17) is 4.74 Å². The fraction of sp³-hybridized carbons (Fsp3) is 0.292. The number of carbonyl (C=O) groups is 2. The fourth-order valence-corrected chi connectivity index (χ4v) is 3.86. The highest BCUT2D eigenvalue weighted by molar-refractivity contribution is 6.06. The molecule has 0 saturated carbocycles. The fourth-order valence-electron chi connectivity index (χ4n) is 3.86. The number of nitrogens with zero attached hydrogens (tertiary/aromatic N) is 1. The molecule has 1 aromatic heterocycles. The van der Waals surface area contributed by atoms with Crippen molar-refractivity contribution in [2.75, 3.05) is 11.9 Å². The second-order valence-corrected chi connectivity index (χ2v) is 7.67. The number of aromatic nitrogens is 1. The van der Waals surface area contributed by atoms with Crippen molar-refractivity contribution in [2.45, 2.75) is 39.2 Å². The summed E-state index contributed by atoms with van der Waals surface area (Å²) in [6.07, 6.45) is 4.27. The van der Waals surface area contributed by atoms with Gasteiger partial charge in [0.25, 0.3) is 5.91 Å². The molecule has 6 heteroatoms. The molecule has 1 aliphatic rings. The lowest BCUT2D eigenvalue weighted by Gasteiger charge is -2.13. The van der Waals surface area contributed by atoms with Gasteiger partial charge in [0.1, 0.15) is 5.56 Å². The van der Waals surface area contributed by atoms with E-state index in [0.29, 0.717) is 23.2 Å². The first kappa shape index (κ1) is 19.9. The first-order chi connectivity index (χ1) is 14.5. The van der Waals surface area contributed by atoms with Crippen LogP contribution in [0.2, 0.25) is 0 Å². The van der Waals surface area contributed by atoms with Gasteiger partial charge in [-0.25, -0.2) is 4.79 Å². The maximum atomic E-state index is 12.9. The summed E-state index contributed by atoms with van der Waals surface area (Å²) in [5.74, 6) is -0.852. The molecule has 0 radical (unpaired) electrons. The summed E-state index contributed by atoms with van der Waals surface area (Å²) in [6.45, 7) is 4.49. The molecule has 0 fully saturated rings. The average molecular weight is 404 g/mol. The summed E-state index contributed by atoms with van der Waals surface area (Å²) < 4.78 is 7.20. The Morgan fingerprint density at radius 2 is 1.93 bits per heavy atom. The van der Waals surface area contributed by atoms with Gasteiger partial charge in [-0.2, -0.15) is 0 Å². The molecule has 0 bridgehead atoms. The number of pyridine rings is 1. The van der Waals surface area contributed by atoms with E-state index in [1.54, 1.807) is 36.5 Å². The van der Waals surface area contributed by atoms with Crippen LogP contribution in [0, 0.1) is 0 Å². The van der Waals surface area contributed by atoms with Gasteiger partial charge in [-0.05, 0) is 55.7 Å². The topological polar surface area (TPSA) is 77.4 Å². The van der Waals surface area contributed by atoms with Crippen molar-refractivity contribution in [1.82, 2.24) is 4.57 Å². The van der Waals surface area contributed by atoms with E-state index in [1.165, 1.54) is 0 Å². The van der Waals surface area contributed by atoms with Gasteiger partial charge in [0.05, 0.1) is 17.7 Å². The van der Waals surface area contributed by atoms with Crippen LogP contribution in [0.4, 0.5) is 5.69 Å². The zero-order chi connectivity index (χ0) is 21.3. The summed E-state index contributed by atoms with van der Waals surface area (Å²) in [5, 5.41) is 3.33. The van der Waals surface area contributed by atoms with E-state index in [1.807, 2.05) is 23.6 Å². The quantitative estimate of drug-likeness (QED) is 0.490. The molecule has 1 aliphatic heterocycles. The number of hydrogen-bond donors (Lipinski definition) is 1. The number of nitrogens with one attached hydrogen (secondary N) is 1. The third-order valence-electron chi connectivity index (χ3n) is 5.48. The molecule has 1 atom stereocenters. The second kappa shape index (κ2) is 8.14. The summed E-state index contributed by atoms with van der Waals surface area (Å²) >= 11 is 0. The number of unbranched alkanes of at least 4 members (excludes halogenated alkanes) is 1. The predicted octanol–water partition coefficient (Wildman–Crippen LogP) is 4.33. The number of amides is 1. The molecule has 1 amide bonds. The van der Waals surface area contributed by atoms with E-state index in [0.717, 1.165) is 30.3 Å². The Labute approximate surface area is 174 Å². The normalized spacial score (nSPS) is 14.7. The van der Waals surface area contributed by atoms with Gasteiger partial charge in [0.2, 0.25) is 5.43 Å². The Hall–Kier alpha value is -3.41. The third-order valence-corrected chi connectivity index (χ3v) is 5.48. The minimum absolute atomic E-state index is 0.108. The molecule has 3 aromatic rings. The molecule has 2 heterocycles. The number of carbonyl (C=O) groups excluding carboxylic acids is 2. The maximum absolute atomic E-state index is 12.9. The van der Waals surface area contributed by atoms with E-state index in [2.05, 4.69) is 12.2 Å². The number of rotatable bonds is 6. The summed E-state index contributed by atoms with van der Waals surface area (Å²) in [7, 11) is 0. The van der Waals surface area contributed by atoms with Crippen LogP contribution in [0.15, 0.2) is 53.5 Å². The number of para-hydroxylation sites is 1. The molecule has 30 heavy (non-hydrogen) atoms. The predicted molar refractivity (Wildman–Crippen MR) is 116 cm³/mol. The van der Waals surface area contributed by atoms with Crippen molar-refractivity contribution in [3.63, 3.8) is 0 Å². The Morgan fingerprint density at radius 1 is 1.17 bits per heavy atom. The molecule has 4 rings (SSSR count). The van der Waals surface area contributed by atoms with Crippen LogP contribution in [0.5, 0.6) is 0 Å². The van der Waals surface area contributed by atoms with Crippen molar-refractivity contribution < 1.29 is 14.3 Å². The molecule has 6 nitrogen and oxygen atoms in total. The zero-order valence-corrected chi connectivity index (χ0v) is 17.1. The molecule has 0 saturated heterocycles. The lowest BCUT2D eigenvalue weighted by Crippen LogP contribution is -2.23. The Bertz CT molecular complexity index is 1180. The first-order valence-electron chi connectivity index (χ1n) is 10.2. The number of ether oxygens (including phenoxy) is 1. The van der Waals surface area contributed by atoms with E-state index < -0.39 is 5.91 Å². The first-order valence-corrected chi connectivity index (χ1v) is 10.2. The lowest BCUT2D eigenvalue weighted by molar-refractivity contribution is 0.0499. The SMILES string of the molecule is CCCCOC(=O)c1ccc(NC(=O)c2cn3c4c(cccc4c2=O)C[C@@H]3C)cc1. The Morgan fingerprint density at radius 3 is 2.67 bits per heavy atom. The number of esters is 1. The van der Waals surface area contributed by atoms with Gasteiger partial charge in [-0.1, -0.05) is 25.5 Å². The van der Waals surface area contributed by atoms with E-state index in [-0.39, 0.29) is 23.0 Å². The Kier molecular flexibility index (Phi) is 5.40. The van der Waals surface area contributed by atoms with Crippen molar-refractivity contribution in [3.8, 4) is 0 Å². The highest BCUT2D eigenvalue weighted by Crippen LogP contribution is 2.31. The van der Waals surface area contributed by atoms with Crippen LogP contribution in [0.25, 0.3) is 10.9 Å². The Balaban J connectivity index is 1.55. The van der Waals surface area contributed by atoms with E-state index in [9.17, 15) is 14.4 Å². The molecular formula is C24H24N2O4. The summed E-state index contributed by atoms with van der Waals surface area (Å²) in [4.78, 5) is 37.8. The summed E-state index contributed by atoms with van der Waals surface area (Å²) in [6, 6.07) is 12.3. The van der Waals surface area contributed by atoms with Crippen molar-refractivity contribution in [1.29, 1.82) is 0 Å². The highest BCUT2D eigenvalue weighted by atomic mass is 16.5. The van der Waals surface area contributed by atoms with Crippen LogP contribution in [0.1, 0.15) is 59.0 Å². The van der Waals surface area contributed by atoms with Gasteiger partial charge in [-0.3, -0.25) is 9.59 Å². The molecule has 0 unspecified atom stereocenters. The average Bonchev–Trinajstić information content (AvgIpc) is 3.07. The molecule has 2 aromatic carbocycles. The minimum atomic E-state index is -0.464. The van der Waals surface area contributed by atoms with Crippen molar-refractivity contribution >= 4 is 28.5 Å². The molecule has 0 aliphatic carbocycles. The molecule has 1 N–H and O–H groups in total. The zero-order valence-electron chi connectivity index (χ0n) is 17.1. The highest BCUT2D eigenvalue weighted by Gasteiger charge is 2.24. The summed E-state index contributed by atoms with van der Waals surface area (Å²) in [5.41, 5.74) is 2.81. The second-order valence-electron chi connectivity index (χ2n) is 7.67. The van der Waals surface area contributed by atoms with Crippen LogP contribution in [-0.4, -0.2) is 23.1 Å². The van der Waals surface area contributed by atoms with Crippen molar-refractivity contribution in [3.05, 3.63) is 75.6 Å². The van der Waals surface area contributed by atoms with Gasteiger partial charge < -0.3 is 14.6 Å². The van der Waals surface area contributed by atoms with E-state index >= 15 is 0 Å². The minimum Gasteiger partial charge on any atom is -0.462 e.